The summed E-state index contributed by atoms with van der Waals surface area (Å²) in [7, 11) is 3.89. The fraction of sp³-hybridized carbons (Fsp3) is 0.353. The summed E-state index contributed by atoms with van der Waals surface area (Å²) in [6, 6.07) is 5.84. The number of aromatic hydroxyl groups is 1. The van der Waals surface area contributed by atoms with Crippen LogP contribution in [0.1, 0.15) is 16.7 Å². The van der Waals surface area contributed by atoms with Crippen LogP contribution in [0.3, 0.4) is 0 Å². The Hall–Kier alpha value is -2.25. The molecule has 0 aliphatic heterocycles. The van der Waals surface area contributed by atoms with E-state index in [1.54, 1.807) is 0 Å². The van der Waals surface area contributed by atoms with Gasteiger partial charge in [0.2, 0.25) is 5.88 Å². The minimum atomic E-state index is -0.451. The number of nitrogens with one attached hydrogen (secondary N) is 1. The quantitative estimate of drug-likeness (QED) is 0.643. The van der Waals surface area contributed by atoms with Crippen LogP contribution < -0.4 is 5.56 Å². The van der Waals surface area contributed by atoms with Crippen molar-refractivity contribution in [1.82, 2.24) is 14.5 Å². The highest BCUT2D eigenvalue weighted by Gasteiger charge is 2.14. The van der Waals surface area contributed by atoms with Gasteiger partial charge in [0, 0.05) is 12.8 Å². The van der Waals surface area contributed by atoms with E-state index in [4.69, 9.17) is 12.2 Å². The molecule has 0 fully saturated rings. The molecule has 7 heteroatoms. The smallest absolute Gasteiger partial charge is 0.264 e. The second-order valence-corrected chi connectivity index (χ2v) is 6.35. The molecule has 1 aromatic heterocycles. The molecule has 128 valence electrons. The fourth-order valence-corrected chi connectivity index (χ4v) is 2.53. The topological polar surface area (TPSA) is 73.6 Å². The second-order valence-electron chi connectivity index (χ2n) is 5.96. The maximum Gasteiger partial charge on any atom is 0.264 e. The largest absolute Gasteiger partial charge is 0.494 e. The molecular formula is C17H22N4O2S. The molecule has 2 aromatic rings. The molecule has 0 aliphatic rings. The van der Waals surface area contributed by atoms with Crippen molar-refractivity contribution in [3.8, 4) is 11.6 Å². The highest BCUT2D eigenvalue weighted by Crippen LogP contribution is 2.22. The van der Waals surface area contributed by atoms with Crippen LogP contribution in [-0.2, 0) is 0 Å². The lowest BCUT2D eigenvalue weighted by atomic mass is 10.1. The van der Waals surface area contributed by atoms with Crippen molar-refractivity contribution in [2.45, 2.75) is 13.8 Å². The van der Waals surface area contributed by atoms with Gasteiger partial charge in [-0.05, 0) is 57.4 Å². The number of hydrogen-bond donors (Lipinski definition) is 2. The summed E-state index contributed by atoms with van der Waals surface area (Å²) >= 11 is 5.24. The van der Waals surface area contributed by atoms with Gasteiger partial charge in [-0.1, -0.05) is 12.1 Å². The number of aliphatic imine (C=N–C) groups is 1. The first-order valence-corrected chi connectivity index (χ1v) is 8.02. The van der Waals surface area contributed by atoms with E-state index in [-0.39, 0.29) is 16.2 Å². The zero-order valence-corrected chi connectivity index (χ0v) is 15.1. The average Bonchev–Trinajstić information content (AvgIpc) is 2.49. The first-order valence-electron chi connectivity index (χ1n) is 7.61. The van der Waals surface area contributed by atoms with Crippen LogP contribution in [0, 0.1) is 18.6 Å². The molecule has 1 aromatic carbocycles. The number of H-pyrrole nitrogens is 1. The van der Waals surface area contributed by atoms with Crippen molar-refractivity contribution in [1.29, 1.82) is 0 Å². The van der Waals surface area contributed by atoms with Gasteiger partial charge in [-0.25, -0.2) is 0 Å². The monoisotopic (exact) mass is 346 g/mol. The Morgan fingerprint density at radius 3 is 2.75 bits per heavy atom. The summed E-state index contributed by atoms with van der Waals surface area (Å²) in [5, 5.41) is 10.6. The van der Waals surface area contributed by atoms with Gasteiger partial charge < -0.3 is 10.0 Å². The summed E-state index contributed by atoms with van der Waals surface area (Å²) in [5.74, 6) is -0.203. The van der Waals surface area contributed by atoms with E-state index < -0.39 is 5.56 Å². The fourth-order valence-electron chi connectivity index (χ4n) is 2.25. The highest BCUT2D eigenvalue weighted by molar-refractivity contribution is 7.71. The van der Waals surface area contributed by atoms with E-state index in [9.17, 15) is 9.90 Å². The number of hydrogen-bond acceptors (Lipinski definition) is 5. The van der Waals surface area contributed by atoms with Gasteiger partial charge in [0.05, 0.1) is 12.2 Å². The van der Waals surface area contributed by atoms with E-state index in [1.807, 2.05) is 51.0 Å². The molecule has 0 unspecified atom stereocenters. The first kappa shape index (κ1) is 18.1. The van der Waals surface area contributed by atoms with Crippen LogP contribution in [0.2, 0.25) is 0 Å². The Bertz CT molecular complexity index is 881. The van der Waals surface area contributed by atoms with Crippen molar-refractivity contribution < 1.29 is 5.11 Å². The molecule has 0 saturated heterocycles. The van der Waals surface area contributed by atoms with E-state index in [2.05, 4.69) is 9.98 Å². The van der Waals surface area contributed by atoms with Gasteiger partial charge in [-0.2, -0.15) is 0 Å². The van der Waals surface area contributed by atoms with E-state index >= 15 is 0 Å². The Kier molecular flexibility index (Phi) is 5.69. The van der Waals surface area contributed by atoms with Crippen LogP contribution in [-0.4, -0.2) is 53.0 Å². The molecule has 0 radical (unpaired) electrons. The summed E-state index contributed by atoms with van der Waals surface area (Å²) in [6.45, 7) is 5.17. The maximum atomic E-state index is 12.1. The van der Waals surface area contributed by atoms with Gasteiger partial charge in [0.15, 0.2) is 4.77 Å². The third-order valence-corrected chi connectivity index (χ3v) is 3.91. The van der Waals surface area contributed by atoms with Crippen molar-refractivity contribution in [2.24, 2.45) is 4.99 Å². The number of rotatable bonds is 5. The molecular weight excluding hydrogens is 324 g/mol. The SMILES string of the molecule is Cc1ccc(C)c(-n2c(O)c(C=NCCN(C)C)c(=O)[nH]c2=S)c1. The zero-order valence-electron chi connectivity index (χ0n) is 14.3. The van der Waals surface area contributed by atoms with Crippen LogP contribution in [0.25, 0.3) is 5.69 Å². The zero-order chi connectivity index (χ0) is 17.9. The molecule has 0 bridgehead atoms. The molecule has 6 nitrogen and oxygen atoms in total. The van der Waals surface area contributed by atoms with Crippen molar-refractivity contribution in [3.05, 3.63) is 50.0 Å². The van der Waals surface area contributed by atoms with Gasteiger partial charge in [-0.15, -0.1) is 0 Å². The third-order valence-electron chi connectivity index (χ3n) is 3.62. The second kappa shape index (κ2) is 7.55. The van der Waals surface area contributed by atoms with Crippen molar-refractivity contribution in [3.63, 3.8) is 0 Å². The Balaban J connectivity index is 2.55. The third kappa shape index (κ3) is 3.98. The van der Waals surface area contributed by atoms with Gasteiger partial charge in [-0.3, -0.25) is 19.3 Å². The lowest BCUT2D eigenvalue weighted by Gasteiger charge is -2.14. The highest BCUT2D eigenvalue weighted by atomic mass is 32.1. The normalized spacial score (nSPS) is 11.5. The Labute approximate surface area is 146 Å². The molecule has 0 amide bonds. The number of likely N-dealkylation sites (N-methyl/N-ethyl adjacent to an activating group) is 1. The number of aromatic amines is 1. The first-order chi connectivity index (χ1) is 11.3. The van der Waals surface area contributed by atoms with Crippen LogP contribution in [0.5, 0.6) is 5.88 Å². The van der Waals surface area contributed by atoms with Gasteiger partial charge in [0.25, 0.3) is 5.56 Å². The van der Waals surface area contributed by atoms with Crippen LogP contribution >= 0.6 is 12.2 Å². The lowest BCUT2D eigenvalue weighted by Crippen LogP contribution is -2.19. The number of aromatic nitrogens is 2. The minimum absolute atomic E-state index is 0.100. The Morgan fingerprint density at radius 2 is 2.08 bits per heavy atom. The predicted molar refractivity (Wildman–Crippen MR) is 99.4 cm³/mol. The summed E-state index contributed by atoms with van der Waals surface area (Å²) in [5.41, 5.74) is 2.35. The molecule has 0 atom stereocenters. The van der Waals surface area contributed by atoms with Gasteiger partial charge in [0.1, 0.15) is 5.56 Å². The standard InChI is InChI=1S/C17H22N4O2S/c1-11-5-6-12(2)14(9-11)21-16(23)13(15(22)19-17(21)24)10-18-7-8-20(3)4/h5-6,9-10,23H,7-8H2,1-4H3,(H,19,22,24). The Morgan fingerprint density at radius 1 is 1.38 bits per heavy atom. The molecule has 2 N–H and O–H groups in total. The number of aryl methyl sites for hydroxylation is 2. The molecule has 0 saturated carbocycles. The van der Waals surface area contributed by atoms with E-state index in [1.165, 1.54) is 10.8 Å². The maximum absolute atomic E-state index is 12.1. The molecule has 1 heterocycles. The predicted octanol–water partition coefficient (Wildman–Crippen LogP) is 2.20. The molecule has 0 aliphatic carbocycles. The molecule has 0 spiro atoms. The minimum Gasteiger partial charge on any atom is -0.494 e. The summed E-state index contributed by atoms with van der Waals surface area (Å²) in [6.07, 6.45) is 1.40. The number of benzene rings is 1. The summed E-state index contributed by atoms with van der Waals surface area (Å²) in [4.78, 5) is 20.9. The van der Waals surface area contributed by atoms with Crippen LogP contribution in [0.4, 0.5) is 0 Å². The van der Waals surface area contributed by atoms with Gasteiger partial charge >= 0.3 is 0 Å². The van der Waals surface area contributed by atoms with Crippen molar-refractivity contribution >= 4 is 18.4 Å². The van der Waals surface area contributed by atoms with E-state index in [0.29, 0.717) is 6.54 Å². The summed E-state index contributed by atoms with van der Waals surface area (Å²) < 4.78 is 1.61. The lowest BCUT2D eigenvalue weighted by molar-refractivity contribution is 0.420. The van der Waals surface area contributed by atoms with Crippen LogP contribution in [0.15, 0.2) is 28.0 Å². The van der Waals surface area contributed by atoms with Crippen molar-refractivity contribution in [2.75, 3.05) is 27.2 Å². The molecule has 24 heavy (non-hydrogen) atoms. The molecule has 2 rings (SSSR count). The average molecular weight is 346 g/mol. The van der Waals surface area contributed by atoms with E-state index in [0.717, 1.165) is 23.4 Å². The number of nitrogens with zero attached hydrogens (tertiary/aromatic N) is 3.